The summed E-state index contributed by atoms with van der Waals surface area (Å²) < 4.78 is 6.44. The van der Waals surface area contributed by atoms with Crippen LogP contribution in [0.15, 0.2) is 60.7 Å². The molecule has 0 radical (unpaired) electrons. The molecule has 7 nitrogen and oxygen atoms in total. The Morgan fingerprint density at radius 1 is 1.08 bits per heavy atom. The fourth-order valence-corrected chi connectivity index (χ4v) is 6.82. The summed E-state index contributed by atoms with van der Waals surface area (Å²) in [5.41, 5.74) is 1.21. The minimum Gasteiger partial charge on any atom is -0.359 e. The quantitative estimate of drug-likeness (QED) is 0.539. The standard InChI is InChI=1S/C30H32ClN3O4/c1-18-12-13-21(16-22(18)31)33-27(35)24-23-14-15-30(38-23)25(24)29(37)34(17-19-8-4-2-5-9-19)26(30)28(36)32-20-10-6-3-7-11-20/h2,4-5,8-9,12-16,20,23-26H,3,6-7,10-11,17H2,1H3,(H,32,36)(H,33,35)/t23-,24+,25-,26-,30-/m1/s1. The van der Waals surface area contributed by atoms with Crippen molar-refractivity contribution >= 4 is 35.0 Å². The van der Waals surface area contributed by atoms with Crippen LogP contribution in [0.25, 0.3) is 0 Å². The fourth-order valence-electron chi connectivity index (χ4n) is 6.64. The monoisotopic (exact) mass is 533 g/mol. The molecule has 2 saturated heterocycles. The lowest BCUT2D eigenvalue weighted by Gasteiger charge is -2.34. The van der Waals surface area contributed by atoms with E-state index in [0.717, 1.165) is 36.8 Å². The van der Waals surface area contributed by atoms with Crippen LogP contribution in [0.2, 0.25) is 5.02 Å². The number of fused-ring (bicyclic) bond motifs is 1. The summed E-state index contributed by atoms with van der Waals surface area (Å²) in [5, 5.41) is 6.70. The second-order valence-corrected chi connectivity index (χ2v) is 11.4. The lowest BCUT2D eigenvalue weighted by Crippen LogP contribution is -2.56. The number of carbonyl (C=O) groups is 3. The molecule has 2 bridgehead atoms. The Bertz CT molecular complexity index is 1290. The fraction of sp³-hybridized carbons (Fsp3) is 0.433. The van der Waals surface area contributed by atoms with Gasteiger partial charge in [0.2, 0.25) is 17.7 Å². The molecule has 8 heteroatoms. The SMILES string of the molecule is Cc1ccc(NC(=O)[C@H]2[C@H]3C=C[C@@]4(O3)[C@H]2C(=O)N(Cc2ccccc2)[C@@H]4C(=O)NC2CCCCC2)cc1Cl. The molecule has 5 atom stereocenters. The Morgan fingerprint density at radius 3 is 2.58 bits per heavy atom. The second kappa shape index (κ2) is 9.86. The molecule has 0 unspecified atom stereocenters. The van der Waals surface area contributed by atoms with Gasteiger partial charge < -0.3 is 20.3 Å². The summed E-state index contributed by atoms with van der Waals surface area (Å²) in [4.78, 5) is 43.2. The van der Waals surface area contributed by atoms with Crippen molar-refractivity contribution in [2.75, 3.05) is 5.32 Å². The topological polar surface area (TPSA) is 87.7 Å². The van der Waals surface area contributed by atoms with Crippen molar-refractivity contribution in [1.82, 2.24) is 10.2 Å². The Morgan fingerprint density at radius 2 is 1.84 bits per heavy atom. The minimum atomic E-state index is -1.18. The zero-order chi connectivity index (χ0) is 26.4. The molecule has 3 fully saturated rings. The molecule has 4 aliphatic rings. The molecule has 1 saturated carbocycles. The number of hydrogen-bond donors (Lipinski definition) is 2. The predicted molar refractivity (Wildman–Crippen MR) is 144 cm³/mol. The van der Waals surface area contributed by atoms with Crippen molar-refractivity contribution in [2.45, 2.75) is 69.4 Å². The van der Waals surface area contributed by atoms with Crippen molar-refractivity contribution in [3.05, 3.63) is 76.8 Å². The lowest BCUT2D eigenvalue weighted by molar-refractivity contribution is -0.142. The molecule has 1 spiro atoms. The van der Waals surface area contributed by atoms with Crippen LogP contribution < -0.4 is 10.6 Å². The predicted octanol–water partition coefficient (Wildman–Crippen LogP) is 4.39. The van der Waals surface area contributed by atoms with Gasteiger partial charge in [-0.3, -0.25) is 14.4 Å². The number of carbonyl (C=O) groups excluding carboxylic acids is 3. The molecule has 0 aromatic heterocycles. The average molecular weight is 534 g/mol. The number of rotatable bonds is 6. The second-order valence-electron chi connectivity index (χ2n) is 10.9. The number of likely N-dealkylation sites (tertiary alicyclic amines) is 1. The molecular weight excluding hydrogens is 502 g/mol. The van der Waals surface area contributed by atoms with Gasteiger partial charge >= 0.3 is 0 Å². The Labute approximate surface area is 227 Å². The van der Waals surface area contributed by atoms with Crippen LogP contribution in [0, 0.1) is 18.8 Å². The number of ether oxygens (including phenoxy) is 1. The third-order valence-electron chi connectivity index (χ3n) is 8.51. The van der Waals surface area contributed by atoms with Crippen LogP contribution in [-0.2, 0) is 25.7 Å². The largest absolute Gasteiger partial charge is 0.359 e. The van der Waals surface area contributed by atoms with Crippen molar-refractivity contribution in [1.29, 1.82) is 0 Å². The van der Waals surface area contributed by atoms with E-state index < -0.39 is 29.6 Å². The number of benzene rings is 2. The molecular formula is C30H32ClN3O4. The first-order valence-electron chi connectivity index (χ1n) is 13.5. The summed E-state index contributed by atoms with van der Waals surface area (Å²) >= 11 is 6.27. The maximum absolute atomic E-state index is 14.1. The van der Waals surface area contributed by atoms with E-state index in [-0.39, 0.29) is 30.3 Å². The molecule has 3 aliphatic heterocycles. The zero-order valence-electron chi connectivity index (χ0n) is 21.4. The number of aryl methyl sites for hydroxylation is 1. The number of amides is 3. The summed E-state index contributed by atoms with van der Waals surface area (Å²) in [5.74, 6) is -2.29. The molecule has 2 aromatic rings. The minimum absolute atomic E-state index is 0.0911. The normalized spacial score (nSPS) is 29.9. The molecule has 6 rings (SSSR count). The van der Waals surface area contributed by atoms with Crippen LogP contribution in [0.5, 0.6) is 0 Å². The van der Waals surface area contributed by atoms with Crippen molar-refractivity contribution < 1.29 is 19.1 Å². The highest BCUT2D eigenvalue weighted by atomic mass is 35.5. The Hall–Kier alpha value is -3.16. The first-order valence-corrected chi connectivity index (χ1v) is 13.8. The smallest absolute Gasteiger partial charge is 0.246 e. The molecule has 1 aliphatic carbocycles. The Kier molecular flexibility index (Phi) is 6.52. The number of nitrogens with one attached hydrogen (secondary N) is 2. The van der Waals surface area contributed by atoms with Gasteiger partial charge in [-0.2, -0.15) is 0 Å². The molecule has 38 heavy (non-hydrogen) atoms. The number of nitrogens with zero attached hydrogens (tertiary/aromatic N) is 1. The number of hydrogen-bond acceptors (Lipinski definition) is 4. The van der Waals surface area contributed by atoms with Crippen LogP contribution in [0.1, 0.15) is 43.2 Å². The number of halogens is 1. The third-order valence-corrected chi connectivity index (χ3v) is 8.92. The molecule has 2 aromatic carbocycles. The van der Waals surface area contributed by atoms with Crippen molar-refractivity contribution in [3.8, 4) is 0 Å². The van der Waals surface area contributed by atoms with E-state index in [9.17, 15) is 14.4 Å². The summed E-state index contributed by atoms with van der Waals surface area (Å²) in [6, 6.07) is 14.2. The van der Waals surface area contributed by atoms with Crippen LogP contribution in [0.4, 0.5) is 5.69 Å². The van der Waals surface area contributed by atoms with Gasteiger partial charge in [0.15, 0.2) is 0 Å². The first-order chi connectivity index (χ1) is 18.4. The Balaban J connectivity index is 1.32. The van der Waals surface area contributed by atoms with E-state index in [0.29, 0.717) is 10.7 Å². The molecule has 3 heterocycles. The highest BCUT2D eigenvalue weighted by Gasteiger charge is 2.72. The molecule has 2 N–H and O–H groups in total. The highest BCUT2D eigenvalue weighted by Crippen LogP contribution is 2.55. The van der Waals surface area contributed by atoms with E-state index in [4.69, 9.17) is 16.3 Å². The van der Waals surface area contributed by atoms with Gasteiger partial charge in [-0.1, -0.05) is 79.4 Å². The van der Waals surface area contributed by atoms with Gasteiger partial charge in [0.05, 0.1) is 17.9 Å². The zero-order valence-corrected chi connectivity index (χ0v) is 22.1. The highest BCUT2D eigenvalue weighted by molar-refractivity contribution is 6.31. The van der Waals surface area contributed by atoms with Gasteiger partial charge in [-0.15, -0.1) is 0 Å². The van der Waals surface area contributed by atoms with Gasteiger partial charge in [0.25, 0.3) is 0 Å². The summed E-state index contributed by atoms with van der Waals surface area (Å²) in [6.07, 6.45) is 8.33. The maximum Gasteiger partial charge on any atom is 0.246 e. The molecule has 3 amide bonds. The van der Waals surface area contributed by atoms with Crippen molar-refractivity contribution in [2.24, 2.45) is 11.8 Å². The van der Waals surface area contributed by atoms with Crippen molar-refractivity contribution in [3.63, 3.8) is 0 Å². The summed E-state index contributed by atoms with van der Waals surface area (Å²) in [7, 11) is 0. The van der Waals surface area contributed by atoms with E-state index >= 15 is 0 Å². The van der Waals surface area contributed by atoms with Crippen LogP contribution in [-0.4, -0.2) is 46.4 Å². The van der Waals surface area contributed by atoms with Gasteiger partial charge in [-0.05, 0) is 43.0 Å². The van der Waals surface area contributed by atoms with E-state index in [1.54, 1.807) is 17.0 Å². The average Bonchev–Trinajstić information content (AvgIpc) is 3.55. The summed E-state index contributed by atoms with van der Waals surface area (Å²) in [6.45, 7) is 2.16. The van der Waals surface area contributed by atoms with Crippen LogP contribution >= 0.6 is 11.6 Å². The van der Waals surface area contributed by atoms with Gasteiger partial charge in [0, 0.05) is 23.3 Å². The molecule has 198 valence electrons. The first kappa shape index (κ1) is 25.1. The maximum atomic E-state index is 14.1. The van der Waals surface area contributed by atoms with Gasteiger partial charge in [-0.25, -0.2) is 0 Å². The van der Waals surface area contributed by atoms with Crippen LogP contribution in [0.3, 0.4) is 0 Å². The lowest BCUT2D eigenvalue weighted by atomic mass is 9.74. The van der Waals surface area contributed by atoms with E-state index in [2.05, 4.69) is 10.6 Å². The number of anilines is 1. The van der Waals surface area contributed by atoms with E-state index in [1.807, 2.05) is 55.5 Å². The van der Waals surface area contributed by atoms with E-state index in [1.165, 1.54) is 6.42 Å². The van der Waals surface area contributed by atoms with Gasteiger partial charge in [0.1, 0.15) is 11.6 Å². The third kappa shape index (κ3) is 4.22.